The monoisotopic (exact) mass is 399 g/mol. The van der Waals surface area contributed by atoms with E-state index in [2.05, 4.69) is 47.4 Å². The third-order valence-electron chi connectivity index (χ3n) is 5.88. The second-order valence-electron chi connectivity index (χ2n) is 8.17. The molecular weight excluding hydrogens is 370 g/mol. The highest BCUT2D eigenvalue weighted by molar-refractivity contribution is 5.89. The van der Waals surface area contributed by atoms with Crippen LogP contribution in [0.5, 0.6) is 0 Å². The molecule has 3 aromatic carbocycles. The Morgan fingerprint density at radius 2 is 1.37 bits per heavy atom. The smallest absolute Gasteiger partial charge is 0.338 e. The number of benzene rings is 3. The summed E-state index contributed by atoms with van der Waals surface area (Å²) in [6.45, 7) is 3.67. The highest BCUT2D eigenvalue weighted by atomic mass is 16.5. The topological polar surface area (TPSA) is 29.5 Å². The van der Waals surface area contributed by atoms with E-state index in [4.69, 9.17) is 4.74 Å². The van der Waals surface area contributed by atoms with E-state index in [1.54, 1.807) is 0 Å². The Bertz CT molecular complexity index is 914. The van der Waals surface area contributed by atoms with Gasteiger partial charge in [0.25, 0.3) is 0 Å². The fourth-order valence-corrected chi connectivity index (χ4v) is 4.11. The molecule has 30 heavy (non-hydrogen) atoms. The maximum absolute atomic E-state index is 12.3. The third kappa shape index (κ3) is 5.80. The Morgan fingerprint density at radius 3 is 2.00 bits per heavy atom. The molecular formula is C27H29NO2. The normalized spacial score (nSPS) is 15.1. The van der Waals surface area contributed by atoms with E-state index in [-0.39, 0.29) is 5.97 Å². The summed E-state index contributed by atoms with van der Waals surface area (Å²) >= 11 is 0. The fourth-order valence-electron chi connectivity index (χ4n) is 4.11. The van der Waals surface area contributed by atoms with Crippen LogP contribution in [-0.2, 0) is 24.3 Å². The van der Waals surface area contributed by atoms with Crippen molar-refractivity contribution >= 4 is 5.97 Å². The molecule has 3 aromatic rings. The van der Waals surface area contributed by atoms with Gasteiger partial charge in [0, 0.05) is 6.54 Å². The number of hydrogen-bond acceptors (Lipinski definition) is 3. The number of likely N-dealkylation sites (tertiary alicyclic amines) is 1. The summed E-state index contributed by atoms with van der Waals surface area (Å²) in [6, 6.07) is 28.4. The van der Waals surface area contributed by atoms with Crippen molar-refractivity contribution in [2.75, 3.05) is 13.1 Å². The molecule has 1 fully saturated rings. The molecule has 0 aromatic heterocycles. The van der Waals surface area contributed by atoms with Crippen molar-refractivity contribution in [2.45, 2.75) is 32.4 Å². The standard InChI is InChI=1S/C27H29NO2/c29-27(30-21-25-9-5-2-6-10-25)26-13-11-22(12-14-26)19-23-15-17-28(18-16-23)20-24-7-3-1-4-8-24/h1-14,23H,15-21H2. The molecule has 4 rings (SSSR count). The summed E-state index contributed by atoms with van der Waals surface area (Å²) in [6.07, 6.45) is 3.54. The van der Waals surface area contributed by atoms with Crippen LogP contribution in [0.15, 0.2) is 84.9 Å². The molecule has 0 spiro atoms. The van der Waals surface area contributed by atoms with Crippen LogP contribution in [0.25, 0.3) is 0 Å². The highest BCUT2D eigenvalue weighted by Gasteiger charge is 2.19. The molecule has 3 heteroatoms. The minimum absolute atomic E-state index is 0.264. The lowest BCUT2D eigenvalue weighted by Crippen LogP contribution is -2.33. The van der Waals surface area contributed by atoms with Crippen molar-refractivity contribution in [3.63, 3.8) is 0 Å². The average Bonchev–Trinajstić information content (AvgIpc) is 2.81. The molecule has 0 aliphatic carbocycles. The van der Waals surface area contributed by atoms with Crippen LogP contribution in [0.4, 0.5) is 0 Å². The maximum atomic E-state index is 12.3. The van der Waals surface area contributed by atoms with Gasteiger partial charge in [-0.1, -0.05) is 72.8 Å². The van der Waals surface area contributed by atoms with E-state index in [1.807, 2.05) is 42.5 Å². The van der Waals surface area contributed by atoms with Crippen molar-refractivity contribution in [3.05, 3.63) is 107 Å². The van der Waals surface area contributed by atoms with Crippen LogP contribution in [0.3, 0.4) is 0 Å². The Labute approximate surface area is 179 Å². The molecule has 1 aliphatic rings. The Kier molecular flexibility index (Phi) is 6.94. The van der Waals surface area contributed by atoms with Gasteiger partial charge in [0.15, 0.2) is 0 Å². The first kappa shape index (κ1) is 20.4. The third-order valence-corrected chi connectivity index (χ3v) is 5.88. The Morgan fingerprint density at radius 1 is 0.767 bits per heavy atom. The van der Waals surface area contributed by atoms with E-state index in [9.17, 15) is 4.79 Å². The summed E-state index contributed by atoms with van der Waals surface area (Å²) in [7, 11) is 0. The van der Waals surface area contributed by atoms with Crippen molar-refractivity contribution in [2.24, 2.45) is 5.92 Å². The van der Waals surface area contributed by atoms with Crippen LogP contribution in [-0.4, -0.2) is 24.0 Å². The molecule has 1 saturated heterocycles. The predicted octanol–water partition coefficient (Wildman–Crippen LogP) is 5.50. The second-order valence-corrected chi connectivity index (χ2v) is 8.17. The zero-order valence-corrected chi connectivity index (χ0v) is 17.4. The number of nitrogens with zero attached hydrogens (tertiary/aromatic N) is 1. The molecule has 0 amide bonds. The first-order valence-electron chi connectivity index (χ1n) is 10.8. The molecule has 0 radical (unpaired) electrons. The van der Waals surface area contributed by atoms with Crippen LogP contribution < -0.4 is 0 Å². The van der Waals surface area contributed by atoms with Gasteiger partial charge in [-0.3, -0.25) is 4.90 Å². The SMILES string of the molecule is O=C(OCc1ccccc1)c1ccc(CC2CCN(Cc3ccccc3)CC2)cc1. The van der Waals surface area contributed by atoms with E-state index in [0.717, 1.165) is 31.6 Å². The fraction of sp³-hybridized carbons (Fsp3) is 0.296. The average molecular weight is 400 g/mol. The van der Waals surface area contributed by atoms with Crippen molar-refractivity contribution in [1.82, 2.24) is 4.90 Å². The number of ether oxygens (including phenoxy) is 1. The van der Waals surface area contributed by atoms with E-state index >= 15 is 0 Å². The van der Waals surface area contributed by atoms with Gasteiger partial charge in [0.2, 0.25) is 0 Å². The van der Waals surface area contributed by atoms with Crippen LogP contribution in [0.1, 0.15) is 39.9 Å². The zero-order chi connectivity index (χ0) is 20.6. The Balaban J connectivity index is 1.22. The number of esters is 1. The summed E-state index contributed by atoms with van der Waals surface area (Å²) in [5.41, 5.74) is 4.32. The summed E-state index contributed by atoms with van der Waals surface area (Å²) in [5.74, 6) is 0.451. The van der Waals surface area contributed by atoms with Gasteiger partial charge in [0.05, 0.1) is 5.56 Å². The lowest BCUT2D eigenvalue weighted by Gasteiger charge is -2.32. The van der Waals surface area contributed by atoms with Crippen LogP contribution in [0.2, 0.25) is 0 Å². The highest BCUT2D eigenvalue weighted by Crippen LogP contribution is 2.23. The zero-order valence-electron chi connectivity index (χ0n) is 17.4. The van der Waals surface area contributed by atoms with Gasteiger partial charge in [-0.25, -0.2) is 4.79 Å². The summed E-state index contributed by atoms with van der Waals surface area (Å²) < 4.78 is 5.42. The molecule has 1 heterocycles. The largest absolute Gasteiger partial charge is 0.457 e. The first-order valence-corrected chi connectivity index (χ1v) is 10.8. The maximum Gasteiger partial charge on any atom is 0.338 e. The molecule has 0 bridgehead atoms. The van der Waals surface area contributed by atoms with Gasteiger partial charge < -0.3 is 4.74 Å². The van der Waals surface area contributed by atoms with Crippen LogP contribution >= 0.6 is 0 Å². The molecule has 0 saturated carbocycles. The van der Waals surface area contributed by atoms with E-state index in [1.165, 1.54) is 24.0 Å². The molecule has 0 atom stereocenters. The minimum atomic E-state index is -0.264. The van der Waals surface area contributed by atoms with Gasteiger partial charge in [-0.05, 0) is 67.1 Å². The van der Waals surface area contributed by atoms with Gasteiger partial charge >= 0.3 is 5.97 Å². The lowest BCUT2D eigenvalue weighted by atomic mass is 9.90. The molecule has 154 valence electrons. The van der Waals surface area contributed by atoms with Gasteiger partial charge in [-0.15, -0.1) is 0 Å². The summed E-state index contributed by atoms with van der Waals surface area (Å²) in [5, 5.41) is 0. The molecule has 1 aliphatic heterocycles. The Hall–Kier alpha value is -2.91. The van der Waals surface area contributed by atoms with Crippen molar-refractivity contribution in [3.8, 4) is 0 Å². The molecule has 0 N–H and O–H groups in total. The predicted molar refractivity (Wildman–Crippen MR) is 120 cm³/mol. The van der Waals surface area contributed by atoms with E-state index in [0.29, 0.717) is 18.1 Å². The van der Waals surface area contributed by atoms with Gasteiger partial charge in [-0.2, -0.15) is 0 Å². The lowest BCUT2D eigenvalue weighted by molar-refractivity contribution is 0.0472. The number of carbonyl (C=O) groups excluding carboxylic acids is 1. The first-order chi connectivity index (χ1) is 14.8. The van der Waals surface area contributed by atoms with Crippen molar-refractivity contribution in [1.29, 1.82) is 0 Å². The molecule has 0 unspecified atom stereocenters. The number of hydrogen-bond donors (Lipinski definition) is 0. The number of piperidine rings is 1. The summed E-state index contributed by atoms with van der Waals surface area (Å²) in [4.78, 5) is 14.8. The minimum Gasteiger partial charge on any atom is -0.457 e. The second kappa shape index (κ2) is 10.2. The van der Waals surface area contributed by atoms with Crippen LogP contribution in [0, 0.1) is 5.92 Å². The number of carbonyl (C=O) groups is 1. The quantitative estimate of drug-likeness (QED) is 0.492. The van der Waals surface area contributed by atoms with Gasteiger partial charge in [0.1, 0.15) is 6.61 Å². The number of rotatable bonds is 7. The van der Waals surface area contributed by atoms with E-state index < -0.39 is 0 Å². The van der Waals surface area contributed by atoms with Crippen molar-refractivity contribution < 1.29 is 9.53 Å². The molecule has 3 nitrogen and oxygen atoms in total.